The fourth-order valence-corrected chi connectivity index (χ4v) is 2.22. The van der Waals surface area contributed by atoms with Gasteiger partial charge in [0.15, 0.2) is 0 Å². The Hall–Kier alpha value is -2.35. The molecule has 17 heavy (non-hydrogen) atoms. The van der Waals surface area contributed by atoms with Crippen LogP contribution < -0.4 is 4.90 Å². The summed E-state index contributed by atoms with van der Waals surface area (Å²) < 4.78 is 0. The molecule has 0 saturated carbocycles. The van der Waals surface area contributed by atoms with Crippen molar-refractivity contribution in [3.8, 4) is 6.07 Å². The van der Waals surface area contributed by atoms with Gasteiger partial charge in [0, 0.05) is 24.3 Å². The van der Waals surface area contributed by atoms with E-state index in [2.05, 4.69) is 9.97 Å². The predicted molar refractivity (Wildman–Crippen MR) is 62.2 cm³/mol. The maximum Gasteiger partial charge on any atom is 0.244 e. The molecule has 1 saturated heterocycles. The van der Waals surface area contributed by atoms with E-state index in [4.69, 9.17) is 5.26 Å². The fraction of sp³-hybridized carbons (Fsp3) is 0.250. The number of carbonyl (C=O) groups is 1. The molecule has 3 rings (SSSR count). The Labute approximate surface area is 97.7 Å². The van der Waals surface area contributed by atoms with Crippen LogP contribution in [0.5, 0.6) is 0 Å². The SMILES string of the molecule is N#CC1CCN(c2ccnc3[nH]ccc23)C1=O. The van der Waals surface area contributed by atoms with Crippen LogP contribution in [0.1, 0.15) is 6.42 Å². The number of fused-ring (bicyclic) bond motifs is 1. The molecule has 0 bridgehead atoms. The van der Waals surface area contributed by atoms with E-state index in [-0.39, 0.29) is 5.91 Å². The first kappa shape index (κ1) is 9.85. The number of hydrogen-bond donors (Lipinski definition) is 1. The van der Waals surface area contributed by atoms with Gasteiger partial charge in [0.1, 0.15) is 11.6 Å². The molecule has 1 aliphatic rings. The van der Waals surface area contributed by atoms with Gasteiger partial charge in [-0.2, -0.15) is 5.26 Å². The number of rotatable bonds is 1. The summed E-state index contributed by atoms with van der Waals surface area (Å²) in [4.78, 5) is 20.8. The highest BCUT2D eigenvalue weighted by Gasteiger charge is 2.33. The highest BCUT2D eigenvalue weighted by molar-refractivity contribution is 6.05. The van der Waals surface area contributed by atoms with Crippen LogP contribution in [-0.4, -0.2) is 22.4 Å². The Bertz CT molecular complexity index is 625. The summed E-state index contributed by atoms with van der Waals surface area (Å²) in [7, 11) is 0. The fourth-order valence-electron chi connectivity index (χ4n) is 2.22. The minimum absolute atomic E-state index is 0.110. The second kappa shape index (κ2) is 3.59. The van der Waals surface area contributed by atoms with Crippen molar-refractivity contribution in [2.24, 2.45) is 5.92 Å². The summed E-state index contributed by atoms with van der Waals surface area (Å²) in [5, 5.41) is 9.77. The Morgan fingerprint density at radius 1 is 1.53 bits per heavy atom. The molecule has 1 atom stereocenters. The summed E-state index contributed by atoms with van der Waals surface area (Å²) in [5.74, 6) is -0.613. The lowest BCUT2D eigenvalue weighted by Crippen LogP contribution is -2.26. The van der Waals surface area contributed by atoms with E-state index in [0.717, 1.165) is 16.7 Å². The standard InChI is InChI=1S/C12H10N4O/c13-7-8-3-6-16(12(8)17)10-2-5-15-11-9(10)1-4-14-11/h1-2,4-5,8H,3,6H2,(H,14,15). The Morgan fingerprint density at radius 3 is 3.18 bits per heavy atom. The molecule has 2 aromatic heterocycles. The van der Waals surface area contributed by atoms with E-state index in [0.29, 0.717) is 13.0 Å². The quantitative estimate of drug-likeness (QED) is 0.799. The van der Waals surface area contributed by atoms with Crippen LogP contribution in [0.4, 0.5) is 5.69 Å². The highest BCUT2D eigenvalue weighted by atomic mass is 16.2. The maximum atomic E-state index is 12.0. The minimum atomic E-state index is -0.503. The third-order valence-corrected chi connectivity index (χ3v) is 3.09. The van der Waals surface area contributed by atoms with E-state index in [1.165, 1.54) is 0 Å². The van der Waals surface area contributed by atoms with E-state index in [9.17, 15) is 4.79 Å². The molecular weight excluding hydrogens is 216 g/mol. The zero-order valence-electron chi connectivity index (χ0n) is 9.05. The summed E-state index contributed by atoms with van der Waals surface area (Å²) in [5.41, 5.74) is 1.59. The highest BCUT2D eigenvalue weighted by Crippen LogP contribution is 2.30. The molecule has 1 aliphatic heterocycles. The van der Waals surface area contributed by atoms with Gasteiger partial charge in [-0.1, -0.05) is 0 Å². The lowest BCUT2D eigenvalue weighted by atomic mass is 10.1. The number of anilines is 1. The van der Waals surface area contributed by atoms with Crippen LogP contribution >= 0.6 is 0 Å². The molecule has 5 heteroatoms. The zero-order valence-corrected chi connectivity index (χ0v) is 9.05. The lowest BCUT2D eigenvalue weighted by Gasteiger charge is -2.16. The Balaban J connectivity index is 2.08. The molecule has 84 valence electrons. The number of aromatic amines is 1. The lowest BCUT2D eigenvalue weighted by molar-refractivity contribution is -0.118. The number of H-pyrrole nitrogens is 1. The van der Waals surface area contributed by atoms with Gasteiger partial charge < -0.3 is 9.88 Å². The topological polar surface area (TPSA) is 72.8 Å². The van der Waals surface area contributed by atoms with Crippen LogP contribution in [0.2, 0.25) is 0 Å². The van der Waals surface area contributed by atoms with Crippen molar-refractivity contribution in [1.82, 2.24) is 9.97 Å². The van der Waals surface area contributed by atoms with Gasteiger partial charge in [-0.3, -0.25) is 4.79 Å². The second-order valence-electron chi connectivity index (χ2n) is 4.03. The predicted octanol–water partition coefficient (Wildman–Crippen LogP) is 1.44. The van der Waals surface area contributed by atoms with Gasteiger partial charge in [0.2, 0.25) is 5.91 Å². The van der Waals surface area contributed by atoms with Crippen LogP contribution in [0.15, 0.2) is 24.5 Å². The molecule has 1 N–H and O–H groups in total. The molecule has 2 aromatic rings. The average Bonchev–Trinajstić information content (AvgIpc) is 2.94. The van der Waals surface area contributed by atoms with E-state index in [1.807, 2.05) is 18.2 Å². The van der Waals surface area contributed by atoms with E-state index >= 15 is 0 Å². The number of amides is 1. The largest absolute Gasteiger partial charge is 0.346 e. The summed E-state index contributed by atoms with van der Waals surface area (Å²) in [6.07, 6.45) is 4.06. The molecule has 1 unspecified atom stereocenters. The summed E-state index contributed by atoms with van der Waals surface area (Å²) in [6.45, 7) is 0.599. The average molecular weight is 226 g/mol. The second-order valence-corrected chi connectivity index (χ2v) is 4.03. The number of nitrogens with one attached hydrogen (secondary N) is 1. The van der Waals surface area contributed by atoms with E-state index in [1.54, 1.807) is 17.3 Å². The van der Waals surface area contributed by atoms with Crippen molar-refractivity contribution in [2.45, 2.75) is 6.42 Å². The minimum Gasteiger partial charge on any atom is -0.346 e. The van der Waals surface area contributed by atoms with Crippen molar-refractivity contribution in [1.29, 1.82) is 5.26 Å². The van der Waals surface area contributed by atoms with Crippen LogP contribution in [0, 0.1) is 17.2 Å². The van der Waals surface area contributed by atoms with Crippen molar-refractivity contribution >= 4 is 22.6 Å². The number of hydrogen-bond acceptors (Lipinski definition) is 3. The van der Waals surface area contributed by atoms with Crippen LogP contribution in [-0.2, 0) is 4.79 Å². The first-order valence-corrected chi connectivity index (χ1v) is 5.44. The molecule has 0 aliphatic carbocycles. The third-order valence-electron chi connectivity index (χ3n) is 3.09. The molecule has 5 nitrogen and oxygen atoms in total. The number of carbonyl (C=O) groups excluding carboxylic acids is 1. The normalized spacial score (nSPS) is 19.8. The van der Waals surface area contributed by atoms with Crippen LogP contribution in [0.3, 0.4) is 0 Å². The molecule has 0 aromatic carbocycles. The number of pyridine rings is 1. The van der Waals surface area contributed by atoms with Gasteiger partial charge in [0.25, 0.3) is 0 Å². The summed E-state index contributed by atoms with van der Waals surface area (Å²) in [6, 6.07) is 5.75. The molecule has 0 radical (unpaired) electrons. The zero-order chi connectivity index (χ0) is 11.8. The number of nitrogens with zero attached hydrogens (tertiary/aromatic N) is 3. The van der Waals surface area contributed by atoms with Crippen molar-refractivity contribution in [3.63, 3.8) is 0 Å². The third kappa shape index (κ3) is 1.38. The van der Waals surface area contributed by atoms with Gasteiger partial charge in [0.05, 0.1) is 11.8 Å². The first-order valence-electron chi connectivity index (χ1n) is 5.44. The maximum absolute atomic E-state index is 12.0. The Morgan fingerprint density at radius 2 is 2.41 bits per heavy atom. The molecular formula is C12H10N4O. The monoisotopic (exact) mass is 226 g/mol. The summed E-state index contributed by atoms with van der Waals surface area (Å²) >= 11 is 0. The Kier molecular flexibility index (Phi) is 2.08. The van der Waals surface area contributed by atoms with Gasteiger partial charge in [-0.05, 0) is 18.6 Å². The molecule has 1 amide bonds. The molecule has 1 fully saturated rings. The molecule has 3 heterocycles. The number of nitriles is 1. The van der Waals surface area contributed by atoms with Crippen molar-refractivity contribution < 1.29 is 4.79 Å². The van der Waals surface area contributed by atoms with Crippen LogP contribution in [0.25, 0.3) is 11.0 Å². The first-order chi connectivity index (χ1) is 8.31. The smallest absolute Gasteiger partial charge is 0.244 e. The van der Waals surface area contributed by atoms with Gasteiger partial charge in [-0.15, -0.1) is 0 Å². The van der Waals surface area contributed by atoms with Gasteiger partial charge in [-0.25, -0.2) is 4.98 Å². The number of aromatic nitrogens is 2. The van der Waals surface area contributed by atoms with Crippen molar-refractivity contribution in [3.05, 3.63) is 24.5 Å². The molecule has 0 spiro atoms. The van der Waals surface area contributed by atoms with E-state index < -0.39 is 5.92 Å². The van der Waals surface area contributed by atoms with Crippen molar-refractivity contribution in [2.75, 3.05) is 11.4 Å². The van der Waals surface area contributed by atoms with Gasteiger partial charge >= 0.3 is 0 Å².